The van der Waals surface area contributed by atoms with E-state index in [4.69, 9.17) is 15.2 Å². The lowest BCUT2D eigenvalue weighted by molar-refractivity contribution is -0.119. The number of hydrogen-bond acceptors (Lipinski definition) is 5. The molecule has 0 unspecified atom stereocenters. The zero-order valence-electron chi connectivity index (χ0n) is 14.7. The lowest BCUT2D eigenvalue weighted by Gasteiger charge is -2.12. The Labute approximate surface area is 160 Å². The number of benzene rings is 3. The van der Waals surface area contributed by atoms with Gasteiger partial charge in [0.05, 0.1) is 11.3 Å². The highest BCUT2D eigenvalue weighted by atomic mass is 19.1. The fourth-order valence-electron chi connectivity index (χ4n) is 2.39. The maximum absolute atomic E-state index is 13.1. The quantitative estimate of drug-likeness (QED) is 0.498. The second-order valence-corrected chi connectivity index (χ2v) is 5.77. The van der Waals surface area contributed by atoms with Crippen molar-refractivity contribution in [1.82, 2.24) is 0 Å². The third kappa shape index (κ3) is 4.85. The summed E-state index contributed by atoms with van der Waals surface area (Å²) in [5.74, 6) is -0.889. The molecule has 7 heteroatoms. The third-order valence-electron chi connectivity index (χ3n) is 3.70. The molecule has 0 bridgehead atoms. The van der Waals surface area contributed by atoms with Crippen molar-refractivity contribution in [1.29, 1.82) is 0 Å². The van der Waals surface area contributed by atoms with E-state index in [1.807, 2.05) is 18.2 Å². The summed E-state index contributed by atoms with van der Waals surface area (Å²) in [6.45, 7) is -0.532. The van der Waals surface area contributed by atoms with Gasteiger partial charge in [0, 0.05) is 5.69 Å². The van der Waals surface area contributed by atoms with Crippen LogP contribution in [-0.2, 0) is 9.53 Å². The molecule has 0 fully saturated rings. The zero-order valence-corrected chi connectivity index (χ0v) is 14.7. The summed E-state index contributed by atoms with van der Waals surface area (Å²) >= 11 is 0. The number of anilines is 2. The van der Waals surface area contributed by atoms with Crippen molar-refractivity contribution in [2.45, 2.75) is 0 Å². The van der Waals surface area contributed by atoms with Crippen LogP contribution < -0.4 is 15.8 Å². The fourth-order valence-corrected chi connectivity index (χ4v) is 2.39. The highest BCUT2D eigenvalue weighted by Crippen LogP contribution is 2.29. The Morgan fingerprint density at radius 1 is 0.964 bits per heavy atom. The van der Waals surface area contributed by atoms with Crippen molar-refractivity contribution in [2.24, 2.45) is 0 Å². The molecule has 142 valence electrons. The van der Waals surface area contributed by atoms with Crippen LogP contribution >= 0.6 is 0 Å². The Balaban J connectivity index is 1.61. The van der Waals surface area contributed by atoms with Gasteiger partial charge in [-0.2, -0.15) is 0 Å². The van der Waals surface area contributed by atoms with Gasteiger partial charge in [0.25, 0.3) is 5.91 Å². The Morgan fingerprint density at radius 2 is 1.68 bits per heavy atom. The molecule has 0 saturated carbocycles. The molecule has 3 rings (SSSR count). The number of carbonyl (C=O) groups is 2. The van der Waals surface area contributed by atoms with E-state index in [0.717, 1.165) is 12.1 Å². The SMILES string of the molecule is Nc1cc(F)ccc1C(=O)OCC(=O)Nc1ccccc1Oc1ccccc1. The molecular formula is C21H17FN2O4. The Morgan fingerprint density at radius 3 is 2.43 bits per heavy atom. The first-order chi connectivity index (χ1) is 13.5. The highest BCUT2D eigenvalue weighted by molar-refractivity contribution is 5.98. The number of carbonyl (C=O) groups excluding carboxylic acids is 2. The molecule has 3 N–H and O–H groups in total. The molecule has 0 aliphatic carbocycles. The van der Waals surface area contributed by atoms with Crippen molar-refractivity contribution >= 4 is 23.3 Å². The van der Waals surface area contributed by atoms with Crippen LogP contribution in [0.1, 0.15) is 10.4 Å². The van der Waals surface area contributed by atoms with E-state index in [0.29, 0.717) is 17.2 Å². The van der Waals surface area contributed by atoms with Crippen LogP contribution in [0.25, 0.3) is 0 Å². The van der Waals surface area contributed by atoms with Crippen molar-refractivity contribution in [3.63, 3.8) is 0 Å². The average Bonchev–Trinajstić information content (AvgIpc) is 2.68. The molecule has 0 saturated heterocycles. The molecule has 1 amide bonds. The summed E-state index contributed by atoms with van der Waals surface area (Å²) in [6.07, 6.45) is 0. The molecule has 3 aromatic carbocycles. The molecule has 3 aromatic rings. The Kier molecular flexibility index (Phi) is 5.86. The van der Waals surface area contributed by atoms with Crippen molar-refractivity contribution < 1.29 is 23.5 Å². The number of nitrogens with one attached hydrogen (secondary N) is 1. The number of halogens is 1. The van der Waals surface area contributed by atoms with Crippen LogP contribution in [0.2, 0.25) is 0 Å². The fraction of sp³-hybridized carbons (Fsp3) is 0.0476. The van der Waals surface area contributed by atoms with Crippen molar-refractivity contribution in [3.8, 4) is 11.5 Å². The van der Waals surface area contributed by atoms with Gasteiger partial charge in [-0.25, -0.2) is 9.18 Å². The molecule has 0 aliphatic heterocycles. The summed E-state index contributed by atoms with van der Waals surface area (Å²) in [7, 11) is 0. The Bertz CT molecular complexity index is 993. The molecule has 0 spiro atoms. The van der Waals surface area contributed by atoms with E-state index in [1.54, 1.807) is 36.4 Å². The van der Waals surface area contributed by atoms with Gasteiger partial charge in [0.2, 0.25) is 0 Å². The van der Waals surface area contributed by atoms with Gasteiger partial charge in [-0.3, -0.25) is 4.79 Å². The number of hydrogen-bond donors (Lipinski definition) is 2. The van der Waals surface area contributed by atoms with Gasteiger partial charge in [-0.1, -0.05) is 30.3 Å². The summed E-state index contributed by atoms with van der Waals surface area (Å²) in [5.41, 5.74) is 5.94. The molecule has 28 heavy (non-hydrogen) atoms. The standard InChI is InChI=1S/C21H17FN2O4/c22-14-10-11-16(17(23)12-14)21(26)27-13-20(25)24-18-8-4-5-9-19(18)28-15-6-2-1-3-7-15/h1-12H,13,23H2,(H,24,25). The van der Waals surface area contributed by atoms with Gasteiger partial charge < -0.3 is 20.5 Å². The smallest absolute Gasteiger partial charge is 0.340 e. The van der Waals surface area contributed by atoms with Gasteiger partial charge >= 0.3 is 5.97 Å². The van der Waals surface area contributed by atoms with Gasteiger partial charge in [-0.05, 0) is 42.5 Å². The average molecular weight is 380 g/mol. The van der Waals surface area contributed by atoms with E-state index in [9.17, 15) is 14.0 Å². The molecule has 0 atom stereocenters. The monoisotopic (exact) mass is 380 g/mol. The number of nitrogens with two attached hydrogens (primary N) is 1. The third-order valence-corrected chi connectivity index (χ3v) is 3.70. The minimum atomic E-state index is -0.818. The highest BCUT2D eigenvalue weighted by Gasteiger charge is 2.15. The second kappa shape index (κ2) is 8.68. The summed E-state index contributed by atoms with van der Waals surface area (Å²) in [6, 6.07) is 19.3. The van der Waals surface area contributed by atoms with E-state index >= 15 is 0 Å². The normalized spacial score (nSPS) is 10.2. The molecule has 6 nitrogen and oxygen atoms in total. The van der Waals surface area contributed by atoms with Crippen LogP contribution in [0.15, 0.2) is 72.8 Å². The van der Waals surface area contributed by atoms with E-state index < -0.39 is 24.3 Å². The second-order valence-electron chi connectivity index (χ2n) is 5.77. The van der Waals surface area contributed by atoms with Crippen LogP contribution in [0.4, 0.5) is 15.8 Å². The van der Waals surface area contributed by atoms with Crippen LogP contribution in [0.3, 0.4) is 0 Å². The Hall–Kier alpha value is -3.87. The van der Waals surface area contributed by atoms with E-state index in [-0.39, 0.29) is 11.3 Å². The largest absolute Gasteiger partial charge is 0.455 e. The molecular weight excluding hydrogens is 363 g/mol. The maximum Gasteiger partial charge on any atom is 0.340 e. The first kappa shape index (κ1) is 18.9. The molecule has 0 aromatic heterocycles. The van der Waals surface area contributed by atoms with Crippen LogP contribution in [-0.4, -0.2) is 18.5 Å². The van der Waals surface area contributed by atoms with Crippen molar-refractivity contribution in [2.75, 3.05) is 17.7 Å². The molecule has 0 heterocycles. The lowest BCUT2D eigenvalue weighted by atomic mass is 10.2. The number of para-hydroxylation sites is 3. The summed E-state index contributed by atoms with van der Waals surface area (Å²) < 4.78 is 23.8. The number of esters is 1. The number of rotatable bonds is 6. The minimum absolute atomic E-state index is 0.0120. The molecule has 0 radical (unpaired) electrons. The predicted octanol–water partition coefficient (Wildman–Crippen LogP) is 4.00. The van der Waals surface area contributed by atoms with Gasteiger partial charge in [0.15, 0.2) is 12.4 Å². The van der Waals surface area contributed by atoms with E-state index in [2.05, 4.69) is 5.32 Å². The minimum Gasteiger partial charge on any atom is -0.455 e. The number of ether oxygens (including phenoxy) is 2. The summed E-state index contributed by atoms with van der Waals surface area (Å²) in [4.78, 5) is 24.2. The van der Waals surface area contributed by atoms with Gasteiger partial charge in [-0.15, -0.1) is 0 Å². The maximum atomic E-state index is 13.1. The van der Waals surface area contributed by atoms with E-state index in [1.165, 1.54) is 6.07 Å². The van der Waals surface area contributed by atoms with Crippen LogP contribution in [0.5, 0.6) is 11.5 Å². The molecule has 0 aliphatic rings. The van der Waals surface area contributed by atoms with Crippen LogP contribution in [0, 0.1) is 5.82 Å². The first-order valence-corrected chi connectivity index (χ1v) is 8.37. The topological polar surface area (TPSA) is 90.7 Å². The lowest BCUT2D eigenvalue weighted by Crippen LogP contribution is -2.21. The zero-order chi connectivity index (χ0) is 19.9. The number of nitrogen functional groups attached to an aromatic ring is 1. The van der Waals surface area contributed by atoms with Crippen molar-refractivity contribution in [3.05, 3.63) is 84.2 Å². The van der Waals surface area contributed by atoms with Gasteiger partial charge in [0.1, 0.15) is 11.6 Å². The first-order valence-electron chi connectivity index (χ1n) is 8.37. The number of amides is 1. The summed E-state index contributed by atoms with van der Waals surface area (Å²) in [5, 5.41) is 2.63. The predicted molar refractivity (Wildman–Crippen MR) is 103 cm³/mol.